The van der Waals surface area contributed by atoms with Crippen LogP contribution in [0, 0.1) is 22.7 Å². The van der Waals surface area contributed by atoms with Gasteiger partial charge in [-0.1, -0.05) is 80.6 Å². The normalized spacial score (nSPS) is 14.8. The first-order chi connectivity index (χ1) is 17.3. The van der Waals surface area contributed by atoms with Crippen molar-refractivity contribution in [2.45, 2.75) is 186 Å². The summed E-state index contributed by atoms with van der Waals surface area (Å²) in [6.45, 7) is 37.2. The molecule has 38 heavy (non-hydrogen) atoms. The van der Waals surface area contributed by atoms with Crippen LogP contribution in [-0.2, 0) is 0 Å². The van der Waals surface area contributed by atoms with E-state index in [1.54, 1.807) is 0 Å². The summed E-state index contributed by atoms with van der Waals surface area (Å²) >= 11 is 0. The van der Waals surface area contributed by atoms with Crippen LogP contribution in [0.5, 0.6) is 0 Å². The molecule has 0 spiro atoms. The van der Waals surface area contributed by atoms with E-state index in [4.69, 9.17) is 11.5 Å². The molecule has 0 heterocycles. The second-order valence-corrected chi connectivity index (χ2v) is 14.7. The van der Waals surface area contributed by atoms with Crippen LogP contribution in [-0.4, -0.2) is 53.2 Å². The Hall–Kier alpha value is -0.160. The molecule has 2 unspecified atom stereocenters. The summed E-state index contributed by atoms with van der Waals surface area (Å²) in [6.07, 6.45) is 9.92. The molecule has 0 aromatic heterocycles. The van der Waals surface area contributed by atoms with E-state index in [1.807, 2.05) is 0 Å². The summed E-state index contributed by atoms with van der Waals surface area (Å²) in [6, 6.07) is 2.50. The number of nitrogens with zero attached hydrogens (tertiary/aromatic N) is 2. The lowest BCUT2D eigenvalue weighted by Crippen LogP contribution is -2.47. The molecule has 4 nitrogen and oxygen atoms in total. The fourth-order valence-electron chi connectivity index (χ4n) is 5.92. The molecule has 0 aromatic rings. The second kappa shape index (κ2) is 19.8. The summed E-state index contributed by atoms with van der Waals surface area (Å²) < 4.78 is 0. The Morgan fingerprint density at radius 3 is 1.21 bits per heavy atom. The van der Waals surface area contributed by atoms with Crippen LogP contribution < -0.4 is 11.5 Å². The van der Waals surface area contributed by atoms with Gasteiger partial charge in [0.1, 0.15) is 0 Å². The van der Waals surface area contributed by atoms with Crippen LogP contribution >= 0.6 is 0 Å². The van der Waals surface area contributed by atoms with E-state index < -0.39 is 0 Å². The minimum atomic E-state index is -0.205. The third kappa shape index (κ3) is 16.2. The summed E-state index contributed by atoms with van der Waals surface area (Å²) in [5, 5.41) is 0. The van der Waals surface area contributed by atoms with Gasteiger partial charge in [-0.3, -0.25) is 9.80 Å². The van der Waals surface area contributed by atoms with Crippen LogP contribution in [0.2, 0.25) is 0 Å². The van der Waals surface area contributed by atoms with Crippen molar-refractivity contribution in [3.63, 3.8) is 0 Å². The Balaban J connectivity index is 0. The first kappa shape index (κ1) is 40.0. The SMILES string of the molecule is CCCCC(C(N)N)C(C)(C)CC[16N](C(C)C)C(C)C.CCCCC(C)C(C)(C)CC[16N](C(C)C)C(C)C. The van der Waals surface area contributed by atoms with Gasteiger partial charge in [-0.2, -0.15) is 0 Å². The van der Waals surface area contributed by atoms with Crippen LogP contribution in [0.25, 0.3) is 0 Å². The minimum absolute atomic E-state index is 0.200. The Morgan fingerprint density at radius 1 is 0.553 bits per heavy atom. The van der Waals surface area contributed by atoms with Crippen LogP contribution in [0.1, 0.15) is 155 Å². The van der Waals surface area contributed by atoms with Crippen molar-refractivity contribution in [2.75, 3.05) is 13.1 Å². The molecule has 0 aliphatic carbocycles. The van der Waals surface area contributed by atoms with Crippen LogP contribution in [0.3, 0.4) is 0 Å². The average Bonchev–Trinajstić information content (AvgIpc) is 2.76. The first-order valence-electron chi connectivity index (χ1n) is 16.4. The van der Waals surface area contributed by atoms with Gasteiger partial charge in [0.05, 0.1) is 6.17 Å². The van der Waals surface area contributed by atoms with Crippen molar-refractivity contribution >= 4 is 0 Å². The first-order valence-corrected chi connectivity index (χ1v) is 16.4. The molecule has 0 fully saturated rings. The lowest BCUT2D eigenvalue weighted by molar-refractivity contribution is 0.0999. The van der Waals surface area contributed by atoms with Gasteiger partial charge in [0.15, 0.2) is 0 Å². The molecule has 0 saturated carbocycles. The van der Waals surface area contributed by atoms with E-state index in [2.05, 4.69) is 114 Å². The topological polar surface area (TPSA) is 58.5 Å². The van der Waals surface area contributed by atoms with Gasteiger partial charge in [0, 0.05) is 24.2 Å². The molecule has 4 heteroatoms. The predicted molar refractivity (Wildman–Crippen MR) is 175 cm³/mol. The molecular formula is C34H76N4. The van der Waals surface area contributed by atoms with Crippen molar-refractivity contribution in [3.8, 4) is 0 Å². The summed E-state index contributed by atoms with van der Waals surface area (Å²) in [5.74, 6) is 1.24. The van der Waals surface area contributed by atoms with Crippen molar-refractivity contribution in [2.24, 2.45) is 34.1 Å². The monoisotopic (exact) mass is 545 g/mol. The fraction of sp³-hybridized carbons (Fsp3) is 1.00. The Labute approximate surface area is 242 Å². The number of hydrogen-bond acceptors (Lipinski definition) is 4. The molecule has 0 amide bonds. The number of unbranched alkanes of at least 4 members (excludes halogenated alkanes) is 2. The van der Waals surface area contributed by atoms with Crippen molar-refractivity contribution in [1.82, 2.24) is 9.80 Å². The van der Waals surface area contributed by atoms with E-state index in [0.29, 0.717) is 35.5 Å². The molecule has 4 N–H and O–H groups in total. The van der Waals surface area contributed by atoms with E-state index in [1.165, 1.54) is 45.1 Å². The molecule has 0 saturated heterocycles. The maximum Gasteiger partial charge on any atom is 0.0555 e. The van der Waals surface area contributed by atoms with Gasteiger partial charge in [-0.25, -0.2) is 0 Å². The lowest BCUT2D eigenvalue weighted by Gasteiger charge is -2.40. The van der Waals surface area contributed by atoms with Gasteiger partial charge in [0.25, 0.3) is 0 Å². The van der Waals surface area contributed by atoms with Gasteiger partial charge in [0.2, 0.25) is 0 Å². The highest BCUT2D eigenvalue weighted by Crippen LogP contribution is 2.36. The van der Waals surface area contributed by atoms with Crippen LogP contribution in [0.15, 0.2) is 0 Å². The maximum absolute atomic E-state index is 6.05. The summed E-state index contributed by atoms with van der Waals surface area (Å²) in [4.78, 5) is 5.18. The van der Waals surface area contributed by atoms with Gasteiger partial charge >= 0.3 is 0 Å². The summed E-state index contributed by atoms with van der Waals surface area (Å²) in [7, 11) is 0. The quantitative estimate of drug-likeness (QED) is 0.159. The molecule has 0 radical (unpaired) electrons. The fourth-order valence-corrected chi connectivity index (χ4v) is 5.92. The van der Waals surface area contributed by atoms with E-state index in [0.717, 1.165) is 25.3 Å². The zero-order valence-corrected chi connectivity index (χ0v) is 29.2. The molecule has 0 bridgehead atoms. The predicted octanol–water partition coefficient (Wildman–Crippen LogP) is 8.92. The molecule has 0 aliphatic rings. The highest BCUT2D eigenvalue weighted by Gasteiger charge is 2.33. The Kier molecular flexibility index (Phi) is 20.9. The highest BCUT2D eigenvalue weighted by molar-refractivity contribution is 4.85. The zero-order valence-electron chi connectivity index (χ0n) is 29.2. The van der Waals surface area contributed by atoms with Crippen molar-refractivity contribution in [1.29, 1.82) is 0 Å². The molecule has 2 atom stereocenters. The van der Waals surface area contributed by atoms with Gasteiger partial charge < -0.3 is 11.5 Å². The Bertz CT molecular complexity index is 535. The smallest absolute Gasteiger partial charge is 0.0555 e. The zero-order chi connectivity index (χ0) is 30.3. The van der Waals surface area contributed by atoms with E-state index in [9.17, 15) is 0 Å². The highest BCUT2D eigenvalue weighted by atomic mass is 16.7. The van der Waals surface area contributed by atoms with Crippen molar-refractivity contribution < 1.29 is 0 Å². The number of rotatable bonds is 19. The van der Waals surface area contributed by atoms with E-state index >= 15 is 0 Å². The lowest BCUT2D eigenvalue weighted by atomic mass is 9.72. The molecular weight excluding hydrogens is 468 g/mol. The molecule has 0 aliphatic heterocycles. The number of nitrogens with two attached hydrogens (primary N) is 2. The average molecular weight is 545 g/mol. The van der Waals surface area contributed by atoms with Gasteiger partial charge in [-0.05, 0) is 110 Å². The third-order valence-electron chi connectivity index (χ3n) is 9.34. The molecule has 0 aromatic carbocycles. The second-order valence-electron chi connectivity index (χ2n) is 14.7. The largest absolute Gasteiger partial charge is 0.316 e. The third-order valence-corrected chi connectivity index (χ3v) is 9.34. The molecule has 232 valence electrons. The van der Waals surface area contributed by atoms with Crippen LogP contribution in [0.4, 0.5) is 0 Å². The van der Waals surface area contributed by atoms with E-state index in [-0.39, 0.29) is 11.6 Å². The standard InChI is InChI=1S/C17H39N3.C17H37N/c1-8-9-10-15(16(18)19)17(6,7)11-12-20(13(2)3)14(4)5;1-9-10-11-16(6)17(7,8)12-13-18(14(2)3)15(4)5/h13-16H,8-12,18-19H2,1-7H3;14-16H,9-13H2,1-8H3/i20+2;18+2. The number of hydrogen-bond donors (Lipinski definition) is 2. The summed E-state index contributed by atoms with van der Waals surface area (Å²) in [5.41, 5.74) is 12.8. The molecule has 0 rings (SSSR count). The minimum Gasteiger partial charge on any atom is -0.316 e. The van der Waals surface area contributed by atoms with Crippen molar-refractivity contribution in [3.05, 3.63) is 0 Å². The van der Waals surface area contributed by atoms with Gasteiger partial charge in [-0.15, -0.1) is 0 Å². The Morgan fingerprint density at radius 2 is 0.895 bits per heavy atom. The maximum atomic E-state index is 6.05.